The van der Waals surface area contributed by atoms with Crippen molar-refractivity contribution in [3.8, 4) is 11.3 Å². The molecule has 1 aromatic heterocycles. The van der Waals surface area contributed by atoms with Crippen molar-refractivity contribution in [1.82, 2.24) is 10.1 Å². The Hall–Kier alpha value is -1.65. The van der Waals surface area contributed by atoms with E-state index in [4.69, 9.17) is 4.52 Å². The molecule has 4 heteroatoms. The normalized spacial score (nSPS) is 15.2. The monoisotopic (exact) mass is 288 g/mol. The van der Waals surface area contributed by atoms with Crippen LogP contribution in [0.3, 0.4) is 0 Å². The third-order valence-electron chi connectivity index (χ3n) is 4.42. The van der Waals surface area contributed by atoms with Crippen LogP contribution in [0.15, 0.2) is 40.9 Å². The van der Waals surface area contributed by atoms with Gasteiger partial charge in [-0.15, -0.1) is 0 Å². The van der Waals surface area contributed by atoms with E-state index in [1.165, 1.54) is 0 Å². The molecule has 2 atom stereocenters. The summed E-state index contributed by atoms with van der Waals surface area (Å²) < 4.78 is 5.38. The van der Waals surface area contributed by atoms with Gasteiger partial charge in [-0.25, -0.2) is 0 Å². The molecule has 2 rings (SSSR count). The summed E-state index contributed by atoms with van der Waals surface area (Å²) in [6.07, 6.45) is -0.708. The van der Waals surface area contributed by atoms with Crippen molar-refractivity contribution in [3.05, 3.63) is 42.2 Å². The maximum absolute atomic E-state index is 10.7. The Morgan fingerprint density at radius 1 is 1.19 bits per heavy atom. The molecule has 4 nitrogen and oxygen atoms in total. The third kappa shape index (κ3) is 3.17. The van der Waals surface area contributed by atoms with E-state index in [-0.39, 0.29) is 11.5 Å². The van der Waals surface area contributed by atoms with Gasteiger partial charge in [-0.1, -0.05) is 49.3 Å². The minimum Gasteiger partial charge on any atom is -0.384 e. The number of nitrogens with zero attached hydrogens (tertiary/aromatic N) is 2. The van der Waals surface area contributed by atoms with Gasteiger partial charge in [0.1, 0.15) is 11.8 Å². The van der Waals surface area contributed by atoms with Gasteiger partial charge in [0.05, 0.1) is 0 Å². The maximum Gasteiger partial charge on any atom is 0.166 e. The second kappa shape index (κ2) is 6.00. The average Bonchev–Trinajstić information content (AvgIpc) is 2.96. The Kier molecular flexibility index (Phi) is 4.49. The summed E-state index contributed by atoms with van der Waals surface area (Å²) in [7, 11) is 4.02. The molecular formula is C17H24N2O2. The van der Waals surface area contributed by atoms with Gasteiger partial charge in [0.15, 0.2) is 5.76 Å². The summed E-state index contributed by atoms with van der Waals surface area (Å²) in [6.45, 7) is 6.16. The van der Waals surface area contributed by atoms with E-state index in [0.717, 1.165) is 11.3 Å². The van der Waals surface area contributed by atoms with Gasteiger partial charge in [-0.05, 0) is 21.0 Å². The van der Waals surface area contributed by atoms with E-state index < -0.39 is 6.10 Å². The lowest BCUT2D eigenvalue weighted by atomic mass is 9.78. The minimum atomic E-state index is -0.708. The van der Waals surface area contributed by atoms with Crippen molar-refractivity contribution in [3.63, 3.8) is 0 Å². The molecule has 0 bridgehead atoms. The highest BCUT2D eigenvalue weighted by Gasteiger charge is 2.38. The Labute approximate surface area is 126 Å². The summed E-state index contributed by atoms with van der Waals surface area (Å²) in [6, 6.07) is 11.8. The van der Waals surface area contributed by atoms with Crippen LogP contribution in [-0.2, 0) is 0 Å². The quantitative estimate of drug-likeness (QED) is 0.916. The van der Waals surface area contributed by atoms with Crippen molar-refractivity contribution in [2.45, 2.75) is 32.9 Å². The van der Waals surface area contributed by atoms with E-state index >= 15 is 0 Å². The van der Waals surface area contributed by atoms with Gasteiger partial charge in [0.25, 0.3) is 0 Å². The van der Waals surface area contributed by atoms with Crippen molar-refractivity contribution >= 4 is 0 Å². The van der Waals surface area contributed by atoms with Crippen molar-refractivity contribution in [1.29, 1.82) is 0 Å². The molecule has 0 aliphatic carbocycles. The fourth-order valence-electron chi connectivity index (χ4n) is 2.42. The van der Waals surface area contributed by atoms with Gasteiger partial charge in [0.2, 0.25) is 0 Å². The van der Waals surface area contributed by atoms with E-state index in [0.29, 0.717) is 5.76 Å². The van der Waals surface area contributed by atoms with Crippen LogP contribution in [0.1, 0.15) is 32.6 Å². The van der Waals surface area contributed by atoms with E-state index in [1.807, 2.05) is 64.3 Å². The van der Waals surface area contributed by atoms with Crippen molar-refractivity contribution < 1.29 is 9.63 Å². The van der Waals surface area contributed by atoms with Crippen LogP contribution in [0.2, 0.25) is 0 Å². The van der Waals surface area contributed by atoms with Crippen LogP contribution in [0.25, 0.3) is 11.3 Å². The number of rotatable bonds is 5. The molecule has 0 fully saturated rings. The Morgan fingerprint density at radius 3 is 2.38 bits per heavy atom. The van der Waals surface area contributed by atoms with E-state index in [2.05, 4.69) is 17.0 Å². The fraction of sp³-hybridized carbons (Fsp3) is 0.471. The molecule has 1 aromatic carbocycles. The molecule has 1 N–H and O–H groups in total. The lowest BCUT2D eigenvalue weighted by Crippen LogP contribution is -2.42. The first-order valence-corrected chi connectivity index (χ1v) is 7.20. The topological polar surface area (TPSA) is 49.5 Å². The second-order valence-electron chi connectivity index (χ2n) is 6.34. The molecule has 114 valence electrons. The zero-order chi connectivity index (χ0) is 15.6. The molecule has 1 heterocycles. The van der Waals surface area contributed by atoms with Gasteiger partial charge in [-0.3, -0.25) is 0 Å². The predicted molar refractivity (Wildman–Crippen MR) is 83.8 cm³/mol. The highest BCUT2D eigenvalue weighted by atomic mass is 16.5. The molecule has 2 aromatic rings. The zero-order valence-electron chi connectivity index (χ0n) is 13.4. The number of aromatic nitrogens is 1. The fourth-order valence-corrected chi connectivity index (χ4v) is 2.42. The summed E-state index contributed by atoms with van der Waals surface area (Å²) >= 11 is 0. The number of benzene rings is 1. The number of hydrogen-bond donors (Lipinski definition) is 1. The van der Waals surface area contributed by atoms with Crippen LogP contribution in [0, 0.1) is 5.41 Å². The van der Waals surface area contributed by atoms with Crippen LogP contribution >= 0.6 is 0 Å². The molecular weight excluding hydrogens is 264 g/mol. The number of aliphatic hydroxyl groups is 1. The van der Waals surface area contributed by atoms with Gasteiger partial charge in [0, 0.05) is 23.1 Å². The molecule has 0 amide bonds. The first-order chi connectivity index (χ1) is 9.84. The number of hydrogen-bond acceptors (Lipinski definition) is 4. The molecule has 0 aliphatic heterocycles. The standard InChI is InChI=1S/C17H24N2O2/c1-12(19(4)5)17(2,3)16(20)15-11-14(18-21-15)13-9-7-6-8-10-13/h6-12,16,20H,1-5H3. The largest absolute Gasteiger partial charge is 0.384 e. The minimum absolute atomic E-state index is 0.192. The summed E-state index contributed by atoms with van der Waals surface area (Å²) in [4.78, 5) is 2.09. The molecule has 0 saturated carbocycles. The Balaban J connectivity index is 2.25. The molecule has 0 aliphatic rings. The predicted octanol–water partition coefficient (Wildman–Crippen LogP) is 3.35. The molecule has 2 unspecified atom stereocenters. The van der Waals surface area contributed by atoms with Crippen LogP contribution in [0.4, 0.5) is 0 Å². The molecule has 0 radical (unpaired) electrons. The Morgan fingerprint density at radius 2 is 1.81 bits per heavy atom. The lowest BCUT2D eigenvalue weighted by Gasteiger charge is -2.38. The summed E-state index contributed by atoms with van der Waals surface area (Å²) in [5.41, 5.74) is 1.38. The molecule has 21 heavy (non-hydrogen) atoms. The highest BCUT2D eigenvalue weighted by Crippen LogP contribution is 2.39. The van der Waals surface area contributed by atoms with Gasteiger partial charge in [-0.2, -0.15) is 0 Å². The SMILES string of the molecule is CC(N(C)C)C(C)(C)C(O)c1cc(-c2ccccc2)no1. The molecule has 0 spiro atoms. The first kappa shape index (κ1) is 15.7. The lowest BCUT2D eigenvalue weighted by molar-refractivity contribution is -0.0193. The van der Waals surface area contributed by atoms with E-state index in [1.54, 1.807) is 0 Å². The zero-order valence-corrected chi connectivity index (χ0v) is 13.4. The molecule has 0 saturated heterocycles. The van der Waals surface area contributed by atoms with Crippen LogP contribution < -0.4 is 0 Å². The summed E-state index contributed by atoms with van der Waals surface area (Å²) in [5.74, 6) is 0.507. The first-order valence-electron chi connectivity index (χ1n) is 7.20. The smallest absolute Gasteiger partial charge is 0.166 e. The highest BCUT2D eigenvalue weighted by molar-refractivity contribution is 5.58. The number of aliphatic hydroxyl groups excluding tert-OH is 1. The third-order valence-corrected chi connectivity index (χ3v) is 4.42. The Bertz CT molecular complexity index is 575. The maximum atomic E-state index is 10.7. The van der Waals surface area contributed by atoms with Crippen LogP contribution in [0.5, 0.6) is 0 Å². The van der Waals surface area contributed by atoms with Crippen molar-refractivity contribution in [2.75, 3.05) is 14.1 Å². The summed E-state index contributed by atoms with van der Waals surface area (Å²) in [5, 5.41) is 14.7. The van der Waals surface area contributed by atoms with Gasteiger partial charge >= 0.3 is 0 Å². The van der Waals surface area contributed by atoms with Gasteiger partial charge < -0.3 is 14.5 Å². The average molecular weight is 288 g/mol. The second-order valence-corrected chi connectivity index (χ2v) is 6.34. The van der Waals surface area contributed by atoms with Crippen LogP contribution in [-0.4, -0.2) is 35.3 Å². The van der Waals surface area contributed by atoms with Crippen molar-refractivity contribution in [2.24, 2.45) is 5.41 Å². The van der Waals surface area contributed by atoms with E-state index in [9.17, 15) is 5.11 Å².